The fraction of sp³-hybridized carbons (Fsp3) is 0.125. The summed E-state index contributed by atoms with van der Waals surface area (Å²) in [6.45, 7) is 0. The lowest BCUT2D eigenvalue weighted by Crippen LogP contribution is -2.20. The molecule has 0 bridgehead atoms. The van der Waals surface area contributed by atoms with Gasteiger partial charge in [0.15, 0.2) is 0 Å². The summed E-state index contributed by atoms with van der Waals surface area (Å²) >= 11 is 0. The van der Waals surface area contributed by atoms with Gasteiger partial charge in [-0.3, -0.25) is 0 Å². The molecule has 0 amide bonds. The molecule has 4 nitrogen and oxygen atoms in total. The fourth-order valence-electron chi connectivity index (χ4n) is 1.99. The van der Waals surface area contributed by atoms with Gasteiger partial charge in [0.2, 0.25) is 6.04 Å². The predicted octanol–water partition coefficient (Wildman–Crippen LogP) is 2.53. The average Bonchev–Trinajstić information content (AvgIpc) is 2.49. The van der Waals surface area contributed by atoms with Gasteiger partial charge in [-0.1, -0.05) is 60.7 Å². The molecular weight excluding hydrogens is 254 g/mol. The fourth-order valence-corrected chi connectivity index (χ4v) is 1.99. The molecule has 0 radical (unpaired) electrons. The van der Waals surface area contributed by atoms with Gasteiger partial charge in [0.25, 0.3) is 6.21 Å². The van der Waals surface area contributed by atoms with Crippen molar-refractivity contribution in [3.8, 4) is 0 Å². The van der Waals surface area contributed by atoms with Crippen LogP contribution in [-0.2, 0) is 9.53 Å². The second kappa shape index (κ2) is 6.52. The van der Waals surface area contributed by atoms with Crippen molar-refractivity contribution < 1.29 is 14.3 Å². The Bertz CT molecular complexity index is 554. The topological polar surface area (TPSA) is 52.4 Å². The van der Waals surface area contributed by atoms with Crippen LogP contribution in [0.1, 0.15) is 17.2 Å². The third-order valence-corrected chi connectivity index (χ3v) is 2.92. The SMILES string of the molecule is COC(=O)/C=[N+](\[O-])C(c1ccccc1)c1ccccc1. The van der Waals surface area contributed by atoms with E-state index in [0.29, 0.717) is 4.74 Å². The highest BCUT2D eigenvalue weighted by Crippen LogP contribution is 2.24. The number of carbonyl (C=O) groups is 1. The van der Waals surface area contributed by atoms with E-state index in [9.17, 15) is 10.0 Å². The summed E-state index contributed by atoms with van der Waals surface area (Å²) in [6.07, 6.45) is 0.921. The second-order valence-electron chi connectivity index (χ2n) is 4.24. The third-order valence-electron chi connectivity index (χ3n) is 2.92. The lowest BCUT2D eigenvalue weighted by molar-refractivity contribution is -0.490. The minimum atomic E-state index is -0.670. The summed E-state index contributed by atoms with van der Waals surface area (Å²) in [5.41, 5.74) is 1.63. The standard InChI is InChI=1S/C16H15NO3/c1-20-15(18)12-17(19)16(13-8-4-2-5-9-13)14-10-6-3-7-11-14/h2-12,16H,1H3/b17-12-. The van der Waals surface area contributed by atoms with Crippen LogP contribution in [-0.4, -0.2) is 24.0 Å². The number of hydrogen-bond acceptors (Lipinski definition) is 3. The van der Waals surface area contributed by atoms with E-state index in [-0.39, 0.29) is 0 Å². The number of benzene rings is 2. The molecule has 102 valence electrons. The molecule has 20 heavy (non-hydrogen) atoms. The molecule has 0 N–H and O–H groups in total. The van der Waals surface area contributed by atoms with Crippen molar-refractivity contribution in [1.82, 2.24) is 0 Å². The predicted molar refractivity (Wildman–Crippen MR) is 76.4 cm³/mol. The molecule has 0 aliphatic heterocycles. The summed E-state index contributed by atoms with van der Waals surface area (Å²) in [6, 6.07) is 18.0. The van der Waals surface area contributed by atoms with Gasteiger partial charge >= 0.3 is 5.97 Å². The van der Waals surface area contributed by atoms with Crippen LogP contribution in [0.25, 0.3) is 0 Å². The molecule has 0 unspecified atom stereocenters. The quantitative estimate of drug-likeness (QED) is 0.282. The lowest BCUT2D eigenvalue weighted by atomic mass is 9.99. The van der Waals surface area contributed by atoms with E-state index in [1.54, 1.807) is 0 Å². The first-order chi connectivity index (χ1) is 9.72. The number of ether oxygens (including phenoxy) is 1. The van der Waals surface area contributed by atoms with Crippen LogP contribution < -0.4 is 0 Å². The molecule has 0 atom stereocenters. The van der Waals surface area contributed by atoms with Gasteiger partial charge in [-0.05, 0) is 0 Å². The summed E-state index contributed by atoms with van der Waals surface area (Å²) < 4.78 is 5.13. The second-order valence-corrected chi connectivity index (χ2v) is 4.24. The Kier molecular flexibility index (Phi) is 4.50. The van der Waals surface area contributed by atoms with Crippen molar-refractivity contribution in [1.29, 1.82) is 0 Å². The molecular formula is C16H15NO3. The van der Waals surface area contributed by atoms with Crippen molar-refractivity contribution in [3.63, 3.8) is 0 Å². The molecule has 2 rings (SSSR count). The van der Waals surface area contributed by atoms with Crippen LogP contribution >= 0.6 is 0 Å². The lowest BCUT2D eigenvalue weighted by Gasteiger charge is -2.17. The zero-order valence-electron chi connectivity index (χ0n) is 11.1. The Morgan fingerprint density at radius 1 is 1.05 bits per heavy atom. The van der Waals surface area contributed by atoms with Gasteiger partial charge in [-0.25, -0.2) is 4.79 Å². The molecule has 0 aliphatic rings. The molecule has 2 aromatic rings. The number of rotatable bonds is 4. The molecule has 4 heteroatoms. The first-order valence-corrected chi connectivity index (χ1v) is 6.20. The molecule has 0 fully saturated rings. The molecule has 0 heterocycles. The van der Waals surface area contributed by atoms with E-state index < -0.39 is 12.0 Å². The molecule has 0 spiro atoms. The first-order valence-electron chi connectivity index (χ1n) is 6.20. The highest BCUT2D eigenvalue weighted by Gasteiger charge is 2.22. The van der Waals surface area contributed by atoms with Gasteiger partial charge in [0, 0.05) is 11.1 Å². The van der Waals surface area contributed by atoms with Crippen molar-refractivity contribution in [3.05, 3.63) is 77.0 Å². The summed E-state index contributed by atoms with van der Waals surface area (Å²) in [5.74, 6) is -0.670. The summed E-state index contributed by atoms with van der Waals surface area (Å²) in [5, 5.41) is 12.3. The molecule has 0 saturated carbocycles. The van der Waals surface area contributed by atoms with Crippen LogP contribution in [0.3, 0.4) is 0 Å². The Morgan fingerprint density at radius 3 is 1.90 bits per heavy atom. The smallest absolute Gasteiger partial charge is 0.396 e. The van der Waals surface area contributed by atoms with E-state index in [1.807, 2.05) is 60.7 Å². The van der Waals surface area contributed by atoms with E-state index in [0.717, 1.165) is 17.3 Å². The van der Waals surface area contributed by atoms with Crippen LogP contribution in [0, 0.1) is 5.21 Å². The Morgan fingerprint density at radius 2 is 1.50 bits per heavy atom. The molecule has 0 aromatic heterocycles. The van der Waals surface area contributed by atoms with E-state index in [4.69, 9.17) is 0 Å². The minimum absolute atomic E-state index is 0.573. The Hall–Kier alpha value is -2.62. The number of esters is 1. The van der Waals surface area contributed by atoms with Crippen molar-refractivity contribution in [2.24, 2.45) is 0 Å². The Labute approximate surface area is 117 Å². The van der Waals surface area contributed by atoms with Gasteiger partial charge in [0.05, 0.1) is 7.11 Å². The van der Waals surface area contributed by atoms with Crippen LogP contribution in [0.4, 0.5) is 0 Å². The maximum atomic E-state index is 12.3. The van der Waals surface area contributed by atoms with E-state index in [1.165, 1.54) is 7.11 Å². The number of hydroxylamine groups is 1. The number of carbonyl (C=O) groups excluding carboxylic acids is 1. The molecule has 0 aliphatic carbocycles. The van der Waals surface area contributed by atoms with Gasteiger partial charge in [-0.2, -0.15) is 4.74 Å². The maximum absolute atomic E-state index is 12.3. The first kappa shape index (κ1) is 13.8. The van der Waals surface area contributed by atoms with Gasteiger partial charge < -0.3 is 9.94 Å². The number of hydrogen-bond donors (Lipinski definition) is 0. The monoisotopic (exact) mass is 269 g/mol. The Balaban J connectivity index is 2.45. The van der Waals surface area contributed by atoms with Crippen molar-refractivity contribution >= 4 is 12.2 Å². The average molecular weight is 269 g/mol. The normalized spacial score (nSPS) is 11.4. The van der Waals surface area contributed by atoms with E-state index >= 15 is 0 Å². The van der Waals surface area contributed by atoms with Crippen LogP contribution in [0.2, 0.25) is 0 Å². The van der Waals surface area contributed by atoms with E-state index in [2.05, 4.69) is 4.74 Å². The summed E-state index contributed by atoms with van der Waals surface area (Å²) in [4.78, 5) is 11.3. The number of nitrogens with zero attached hydrogens (tertiary/aromatic N) is 1. The summed E-state index contributed by atoms with van der Waals surface area (Å²) in [7, 11) is 1.24. The zero-order valence-corrected chi connectivity index (χ0v) is 11.1. The largest absolute Gasteiger partial charge is 0.623 e. The van der Waals surface area contributed by atoms with Gasteiger partial charge in [0.1, 0.15) is 0 Å². The van der Waals surface area contributed by atoms with Crippen LogP contribution in [0.15, 0.2) is 60.7 Å². The van der Waals surface area contributed by atoms with Gasteiger partial charge in [-0.15, -0.1) is 0 Å². The highest BCUT2D eigenvalue weighted by atomic mass is 16.5. The maximum Gasteiger partial charge on any atom is 0.396 e. The molecule has 2 aromatic carbocycles. The highest BCUT2D eigenvalue weighted by molar-refractivity contribution is 6.20. The zero-order chi connectivity index (χ0) is 14.4. The third kappa shape index (κ3) is 3.23. The van der Waals surface area contributed by atoms with Crippen LogP contribution in [0.5, 0.6) is 0 Å². The van der Waals surface area contributed by atoms with Crippen molar-refractivity contribution in [2.75, 3.05) is 7.11 Å². The van der Waals surface area contributed by atoms with Crippen molar-refractivity contribution in [2.45, 2.75) is 6.04 Å². The number of methoxy groups -OCH3 is 1. The molecule has 0 saturated heterocycles. The minimum Gasteiger partial charge on any atom is -0.623 e.